The summed E-state index contributed by atoms with van der Waals surface area (Å²) in [5.41, 5.74) is 1.70. The Hall–Kier alpha value is -2.29. The molecular formula is C25H33Cl2N3O4S. The van der Waals surface area contributed by atoms with Crippen LogP contribution in [0, 0.1) is 0 Å². The molecule has 0 saturated heterocycles. The third kappa shape index (κ3) is 7.59. The molecule has 0 unspecified atom stereocenters. The summed E-state index contributed by atoms with van der Waals surface area (Å²) < 4.78 is 26.7. The molecule has 0 aliphatic heterocycles. The topological polar surface area (TPSA) is 86.8 Å². The zero-order valence-electron chi connectivity index (χ0n) is 20.7. The van der Waals surface area contributed by atoms with Gasteiger partial charge < -0.3 is 10.2 Å². The van der Waals surface area contributed by atoms with Crippen molar-refractivity contribution < 1.29 is 18.0 Å². The largest absolute Gasteiger partial charge is 0.354 e. The molecule has 2 amide bonds. The molecule has 2 aromatic carbocycles. The van der Waals surface area contributed by atoms with Crippen molar-refractivity contribution in [1.82, 2.24) is 10.2 Å². The van der Waals surface area contributed by atoms with E-state index < -0.39 is 28.5 Å². The van der Waals surface area contributed by atoms with Gasteiger partial charge in [-0.05, 0) is 43.0 Å². The SMILES string of the molecule is CCCNC(=O)[C@@H](C)N(Cc1c(Cl)cccc1Cl)C(=O)CN(c1ccccc1C(C)C)S(C)(=O)=O. The standard InChI is InChI=1S/C25H33Cl2N3O4S/c1-6-14-28-25(32)18(4)29(15-20-21(26)11-9-12-22(20)27)24(31)16-30(35(5,33)34)23-13-8-7-10-19(23)17(2)3/h7-13,17-18H,6,14-16H2,1-5H3,(H,28,32)/t18-/m1/s1. The molecule has 7 nitrogen and oxygen atoms in total. The molecule has 0 spiro atoms. The zero-order chi connectivity index (χ0) is 26.3. The second kappa shape index (κ2) is 12.6. The molecule has 0 bridgehead atoms. The number of anilines is 1. The molecule has 1 atom stereocenters. The molecule has 0 radical (unpaired) electrons. The van der Waals surface area contributed by atoms with Crippen molar-refractivity contribution in [2.75, 3.05) is 23.7 Å². The van der Waals surface area contributed by atoms with Gasteiger partial charge in [-0.2, -0.15) is 0 Å². The number of nitrogens with zero attached hydrogens (tertiary/aromatic N) is 2. The fraction of sp³-hybridized carbons (Fsp3) is 0.440. The molecule has 10 heteroatoms. The van der Waals surface area contributed by atoms with E-state index in [-0.39, 0.29) is 18.4 Å². The second-order valence-corrected chi connectivity index (χ2v) is 11.4. The van der Waals surface area contributed by atoms with E-state index in [2.05, 4.69) is 5.32 Å². The summed E-state index contributed by atoms with van der Waals surface area (Å²) in [5.74, 6) is -0.872. The Morgan fingerprint density at radius 1 is 1.00 bits per heavy atom. The van der Waals surface area contributed by atoms with E-state index in [0.29, 0.717) is 27.8 Å². The Bertz CT molecular complexity index is 1130. The molecule has 1 N–H and O–H groups in total. The lowest BCUT2D eigenvalue weighted by Gasteiger charge is -2.32. The van der Waals surface area contributed by atoms with Gasteiger partial charge in [0.15, 0.2) is 0 Å². The summed E-state index contributed by atoms with van der Waals surface area (Å²) >= 11 is 12.7. The third-order valence-corrected chi connectivity index (χ3v) is 7.45. The van der Waals surface area contributed by atoms with Crippen LogP contribution in [-0.2, 0) is 26.2 Å². The maximum atomic E-state index is 13.7. The summed E-state index contributed by atoms with van der Waals surface area (Å²) in [6.07, 6.45) is 1.79. The summed E-state index contributed by atoms with van der Waals surface area (Å²) in [4.78, 5) is 27.8. The van der Waals surface area contributed by atoms with Crippen LogP contribution < -0.4 is 9.62 Å². The first kappa shape index (κ1) is 28.9. The molecule has 0 aromatic heterocycles. The number of hydrogen-bond donors (Lipinski definition) is 1. The van der Waals surface area contributed by atoms with Crippen LogP contribution in [0.5, 0.6) is 0 Å². The predicted molar refractivity (Wildman–Crippen MR) is 142 cm³/mol. The van der Waals surface area contributed by atoms with Crippen LogP contribution >= 0.6 is 23.2 Å². The zero-order valence-corrected chi connectivity index (χ0v) is 23.0. The minimum Gasteiger partial charge on any atom is -0.354 e. The van der Waals surface area contributed by atoms with Crippen molar-refractivity contribution in [3.8, 4) is 0 Å². The van der Waals surface area contributed by atoms with E-state index in [1.807, 2.05) is 32.9 Å². The maximum absolute atomic E-state index is 13.7. The number of halogens is 2. The van der Waals surface area contributed by atoms with Crippen LogP contribution in [0.2, 0.25) is 10.0 Å². The van der Waals surface area contributed by atoms with Crippen LogP contribution in [0.3, 0.4) is 0 Å². The van der Waals surface area contributed by atoms with Gasteiger partial charge in [0.25, 0.3) is 0 Å². The van der Waals surface area contributed by atoms with Gasteiger partial charge in [0.1, 0.15) is 12.6 Å². The van der Waals surface area contributed by atoms with E-state index in [1.54, 1.807) is 37.3 Å². The Labute approximate surface area is 218 Å². The summed E-state index contributed by atoms with van der Waals surface area (Å²) in [6, 6.07) is 11.2. The highest BCUT2D eigenvalue weighted by atomic mass is 35.5. The Kier molecular flexibility index (Phi) is 10.4. The van der Waals surface area contributed by atoms with Gasteiger partial charge in [0, 0.05) is 28.7 Å². The number of sulfonamides is 1. The predicted octanol–water partition coefficient (Wildman–Crippen LogP) is 4.83. The molecule has 2 rings (SSSR count). The second-order valence-electron chi connectivity index (χ2n) is 8.67. The monoisotopic (exact) mass is 541 g/mol. The Balaban J connectivity index is 2.50. The average molecular weight is 543 g/mol. The number of hydrogen-bond acceptors (Lipinski definition) is 4. The smallest absolute Gasteiger partial charge is 0.244 e. The molecule has 192 valence electrons. The molecule has 0 heterocycles. The lowest BCUT2D eigenvalue weighted by Crippen LogP contribution is -2.51. The van der Waals surface area contributed by atoms with Crippen molar-refractivity contribution in [2.45, 2.75) is 52.6 Å². The molecule has 0 aliphatic rings. The lowest BCUT2D eigenvalue weighted by atomic mass is 10.0. The highest BCUT2D eigenvalue weighted by Crippen LogP contribution is 2.30. The van der Waals surface area contributed by atoms with E-state index in [1.165, 1.54) is 4.90 Å². The molecule has 35 heavy (non-hydrogen) atoms. The van der Waals surface area contributed by atoms with Crippen LogP contribution in [0.25, 0.3) is 0 Å². The van der Waals surface area contributed by atoms with Crippen molar-refractivity contribution >= 4 is 50.7 Å². The van der Waals surface area contributed by atoms with E-state index >= 15 is 0 Å². The van der Waals surface area contributed by atoms with Gasteiger partial charge in [-0.25, -0.2) is 8.42 Å². The van der Waals surface area contributed by atoms with Crippen LogP contribution in [0.4, 0.5) is 5.69 Å². The van der Waals surface area contributed by atoms with Crippen LogP contribution in [-0.4, -0.2) is 50.5 Å². The quantitative estimate of drug-likeness (QED) is 0.441. The fourth-order valence-corrected chi connectivity index (χ4v) is 5.02. The number of nitrogens with one attached hydrogen (secondary N) is 1. The van der Waals surface area contributed by atoms with Gasteiger partial charge in [-0.1, -0.05) is 68.2 Å². The van der Waals surface area contributed by atoms with Gasteiger partial charge in [0.2, 0.25) is 21.8 Å². The first-order chi connectivity index (χ1) is 16.4. The first-order valence-electron chi connectivity index (χ1n) is 11.4. The molecule has 0 saturated carbocycles. The van der Waals surface area contributed by atoms with Crippen molar-refractivity contribution in [1.29, 1.82) is 0 Å². The molecule has 2 aromatic rings. The van der Waals surface area contributed by atoms with E-state index in [0.717, 1.165) is 22.5 Å². The minimum absolute atomic E-state index is 0.0299. The fourth-order valence-electron chi connectivity index (χ4n) is 3.63. The van der Waals surface area contributed by atoms with E-state index in [9.17, 15) is 18.0 Å². The summed E-state index contributed by atoms with van der Waals surface area (Å²) in [5, 5.41) is 3.49. The van der Waals surface area contributed by atoms with E-state index in [4.69, 9.17) is 23.2 Å². The number of carbonyl (C=O) groups is 2. The third-order valence-electron chi connectivity index (χ3n) is 5.61. The Morgan fingerprint density at radius 2 is 1.60 bits per heavy atom. The number of carbonyl (C=O) groups excluding carboxylic acids is 2. The van der Waals surface area contributed by atoms with Crippen molar-refractivity contribution in [2.24, 2.45) is 0 Å². The number of rotatable bonds is 11. The number of benzene rings is 2. The van der Waals surface area contributed by atoms with Gasteiger partial charge >= 0.3 is 0 Å². The minimum atomic E-state index is -3.82. The highest BCUT2D eigenvalue weighted by molar-refractivity contribution is 7.92. The number of para-hydroxylation sites is 1. The lowest BCUT2D eigenvalue weighted by molar-refractivity contribution is -0.139. The summed E-state index contributed by atoms with van der Waals surface area (Å²) in [7, 11) is -3.82. The number of amides is 2. The van der Waals surface area contributed by atoms with Crippen molar-refractivity contribution in [3.05, 3.63) is 63.6 Å². The van der Waals surface area contributed by atoms with Gasteiger partial charge in [0.05, 0.1) is 11.9 Å². The van der Waals surface area contributed by atoms with Gasteiger partial charge in [-0.3, -0.25) is 13.9 Å². The van der Waals surface area contributed by atoms with Gasteiger partial charge in [-0.15, -0.1) is 0 Å². The molecule has 0 aliphatic carbocycles. The van der Waals surface area contributed by atoms with Crippen LogP contribution in [0.15, 0.2) is 42.5 Å². The molecular weight excluding hydrogens is 509 g/mol. The maximum Gasteiger partial charge on any atom is 0.244 e. The van der Waals surface area contributed by atoms with Crippen molar-refractivity contribution in [3.63, 3.8) is 0 Å². The molecule has 0 fully saturated rings. The average Bonchev–Trinajstić information content (AvgIpc) is 2.79. The Morgan fingerprint density at radius 3 is 2.14 bits per heavy atom. The first-order valence-corrected chi connectivity index (χ1v) is 14.1. The summed E-state index contributed by atoms with van der Waals surface area (Å²) in [6.45, 7) is 7.35. The highest BCUT2D eigenvalue weighted by Gasteiger charge is 2.31. The van der Waals surface area contributed by atoms with Crippen LogP contribution in [0.1, 0.15) is 51.2 Å². The normalized spacial score (nSPS) is 12.3.